The highest BCUT2D eigenvalue weighted by Gasteiger charge is 2.22. The number of phenolic OH excluding ortho intramolecular Hbond substituents is 1. The number of aromatic hydroxyl groups is 1. The predicted octanol–water partition coefficient (Wildman–Crippen LogP) is 3.40. The number of amides is 1. The monoisotopic (exact) mass is 261 g/mol. The fourth-order valence-corrected chi connectivity index (χ4v) is 2.81. The van der Waals surface area contributed by atoms with Crippen molar-refractivity contribution in [2.75, 3.05) is 0 Å². The lowest BCUT2D eigenvalue weighted by Gasteiger charge is -2.28. The molecular formula is C16H23NO2. The maximum absolute atomic E-state index is 12.1. The maximum Gasteiger partial charge on any atom is 0.255 e. The molecule has 0 bridgehead atoms. The van der Waals surface area contributed by atoms with Gasteiger partial charge in [-0.2, -0.15) is 0 Å². The van der Waals surface area contributed by atoms with Gasteiger partial charge in [-0.25, -0.2) is 0 Å². The first kappa shape index (κ1) is 13.9. The number of hydrogen-bond acceptors (Lipinski definition) is 2. The SMILES string of the molecule is CCC1CCC(NC(=O)c2ccc(C)cc2O)CC1. The first-order valence-corrected chi connectivity index (χ1v) is 7.20. The molecule has 0 spiro atoms. The van der Waals surface area contributed by atoms with Gasteiger partial charge in [0, 0.05) is 6.04 Å². The first-order valence-electron chi connectivity index (χ1n) is 7.20. The van der Waals surface area contributed by atoms with E-state index in [0.717, 1.165) is 24.3 Å². The second kappa shape index (κ2) is 6.09. The van der Waals surface area contributed by atoms with Crippen molar-refractivity contribution in [3.63, 3.8) is 0 Å². The largest absolute Gasteiger partial charge is 0.507 e. The Balaban J connectivity index is 1.94. The molecule has 104 valence electrons. The van der Waals surface area contributed by atoms with E-state index in [4.69, 9.17) is 0 Å². The Morgan fingerprint density at radius 1 is 1.32 bits per heavy atom. The Labute approximate surface area is 115 Å². The minimum atomic E-state index is -0.155. The van der Waals surface area contributed by atoms with Crippen LogP contribution in [0.2, 0.25) is 0 Å². The molecule has 1 aliphatic carbocycles. The third-order valence-corrected chi connectivity index (χ3v) is 4.16. The molecule has 2 rings (SSSR count). The van der Waals surface area contributed by atoms with Gasteiger partial charge in [-0.05, 0) is 56.2 Å². The predicted molar refractivity (Wildman–Crippen MR) is 76.3 cm³/mol. The van der Waals surface area contributed by atoms with Crippen molar-refractivity contribution in [2.45, 2.75) is 52.0 Å². The molecule has 0 heterocycles. The normalized spacial score (nSPS) is 23.1. The van der Waals surface area contributed by atoms with Crippen molar-refractivity contribution < 1.29 is 9.90 Å². The van der Waals surface area contributed by atoms with Gasteiger partial charge < -0.3 is 10.4 Å². The van der Waals surface area contributed by atoms with Crippen molar-refractivity contribution in [3.8, 4) is 5.75 Å². The minimum Gasteiger partial charge on any atom is -0.507 e. The number of carbonyl (C=O) groups is 1. The van der Waals surface area contributed by atoms with Crippen LogP contribution in [0.1, 0.15) is 54.9 Å². The maximum atomic E-state index is 12.1. The Bertz CT molecular complexity index is 448. The van der Waals surface area contributed by atoms with E-state index in [-0.39, 0.29) is 17.7 Å². The number of rotatable bonds is 3. The third-order valence-electron chi connectivity index (χ3n) is 4.16. The van der Waals surface area contributed by atoms with Crippen molar-refractivity contribution in [1.82, 2.24) is 5.32 Å². The molecule has 0 radical (unpaired) electrons. The van der Waals surface area contributed by atoms with Gasteiger partial charge in [0.15, 0.2) is 0 Å². The van der Waals surface area contributed by atoms with Crippen LogP contribution in [0.5, 0.6) is 5.75 Å². The summed E-state index contributed by atoms with van der Waals surface area (Å²) in [6.07, 6.45) is 5.73. The molecule has 1 fully saturated rings. The summed E-state index contributed by atoms with van der Waals surface area (Å²) >= 11 is 0. The van der Waals surface area contributed by atoms with Crippen LogP contribution < -0.4 is 5.32 Å². The molecule has 1 aromatic carbocycles. The Morgan fingerprint density at radius 3 is 2.58 bits per heavy atom. The lowest BCUT2D eigenvalue weighted by molar-refractivity contribution is 0.0919. The van der Waals surface area contributed by atoms with Gasteiger partial charge >= 0.3 is 0 Å². The number of hydrogen-bond donors (Lipinski definition) is 2. The zero-order chi connectivity index (χ0) is 13.8. The molecule has 1 amide bonds. The summed E-state index contributed by atoms with van der Waals surface area (Å²) in [6, 6.07) is 5.43. The zero-order valence-corrected chi connectivity index (χ0v) is 11.8. The summed E-state index contributed by atoms with van der Waals surface area (Å²) in [4.78, 5) is 12.1. The van der Waals surface area contributed by atoms with E-state index in [1.165, 1.54) is 19.3 Å². The topological polar surface area (TPSA) is 49.3 Å². The fourth-order valence-electron chi connectivity index (χ4n) is 2.81. The molecular weight excluding hydrogens is 238 g/mol. The summed E-state index contributed by atoms with van der Waals surface area (Å²) in [7, 11) is 0. The van der Waals surface area contributed by atoms with Crippen LogP contribution in [0, 0.1) is 12.8 Å². The number of carbonyl (C=O) groups excluding carboxylic acids is 1. The van der Waals surface area contributed by atoms with Crippen LogP contribution >= 0.6 is 0 Å². The molecule has 1 saturated carbocycles. The molecule has 1 aliphatic rings. The van der Waals surface area contributed by atoms with Gasteiger partial charge in [-0.1, -0.05) is 19.4 Å². The van der Waals surface area contributed by atoms with Gasteiger partial charge in [-0.15, -0.1) is 0 Å². The fraction of sp³-hybridized carbons (Fsp3) is 0.562. The van der Waals surface area contributed by atoms with Gasteiger partial charge in [0.2, 0.25) is 0 Å². The zero-order valence-electron chi connectivity index (χ0n) is 11.8. The van der Waals surface area contributed by atoms with Crippen molar-refractivity contribution in [2.24, 2.45) is 5.92 Å². The summed E-state index contributed by atoms with van der Waals surface area (Å²) < 4.78 is 0. The standard InChI is InChI=1S/C16H23NO2/c1-3-12-5-7-13(8-6-12)17-16(19)14-9-4-11(2)10-15(14)18/h4,9-10,12-13,18H,3,5-8H2,1-2H3,(H,17,19). The number of aryl methyl sites for hydroxylation is 1. The van der Waals surface area contributed by atoms with Crippen molar-refractivity contribution >= 4 is 5.91 Å². The quantitative estimate of drug-likeness (QED) is 0.876. The highest BCUT2D eigenvalue weighted by molar-refractivity contribution is 5.97. The van der Waals surface area contributed by atoms with Crippen LogP contribution in [-0.2, 0) is 0 Å². The molecule has 19 heavy (non-hydrogen) atoms. The van der Waals surface area contributed by atoms with Crippen LogP contribution in [-0.4, -0.2) is 17.1 Å². The molecule has 0 saturated heterocycles. The lowest BCUT2D eigenvalue weighted by atomic mass is 9.84. The second-order valence-corrected chi connectivity index (χ2v) is 5.62. The van der Waals surface area contributed by atoms with Gasteiger partial charge in [0.25, 0.3) is 5.91 Å². The molecule has 1 aromatic rings. The molecule has 2 N–H and O–H groups in total. The summed E-state index contributed by atoms with van der Waals surface area (Å²) in [5.41, 5.74) is 1.33. The molecule has 0 unspecified atom stereocenters. The van der Waals surface area contributed by atoms with E-state index in [0.29, 0.717) is 5.56 Å². The van der Waals surface area contributed by atoms with Crippen molar-refractivity contribution in [1.29, 1.82) is 0 Å². The molecule has 0 atom stereocenters. The summed E-state index contributed by atoms with van der Waals surface area (Å²) in [6.45, 7) is 4.13. The smallest absolute Gasteiger partial charge is 0.255 e. The van der Waals surface area contributed by atoms with Crippen molar-refractivity contribution in [3.05, 3.63) is 29.3 Å². The average molecular weight is 261 g/mol. The van der Waals surface area contributed by atoms with E-state index >= 15 is 0 Å². The second-order valence-electron chi connectivity index (χ2n) is 5.62. The molecule has 0 aliphatic heterocycles. The first-order chi connectivity index (χ1) is 9.10. The Hall–Kier alpha value is -1.51. The van der Waals surface area contributed by atoms with Crippen LogP contribution in [0.3, 0.4) is 0 Å². The van der Waals surface area contributed by atoms with Gasteiger partial charge in [-0.3, -0.25) is 4.79 Å². The average Bonchev–Trinajstić information content (AvgIpc) is 2.39. The van der Waals surface area contributed by atoms with E-state index in [2.05, 4.69) is 12.2 Å². The van der Waals surface area contributed by atoms with Crippen LogP contribution in [0.15, 0.2) is 18.2 Å². The van der Waals surface area contributed by atoms with Gasteiger partial charge in [0.05, 0.1) is 5.56 Å². The van der Waals surface area contributed by atoms with E-state index < -0.39 is 0 Å². The Kier molecular flexibility index (Phi) is 4.46. The number of benzene rings is 1. The van der Waals surface area contributed by atoms with E-state index in [9.17, 15) is 9.90 Å². The summed E-state index contributed by atoms with van der Waals surface area (Å²) in [5, 5.41) is 12.9. The number of phenols is 1. The van der Waals surface area contributed by atoms with Crippen LogP contribution in [0.4, 0.5) is 0 Å². The molecule has 0 aromatic heterocycles. The minimum absolute atomic E-state index is 0.0692. The molecule has 3 nitrogen and oxygen atoms in total. The Morgan fingerprint density at radius 2 is 2.00 bits per heavy atom. The number of nitrogens with one attached hydrogen (secondary N) is 1. The molecule has 3 heteroatoms. The third kappa shape index (κ3) is 3.49. The van der Waals surface area contributed by atoms with Crippen LogP contribution in [0.25, 0.3) is 0 Å². The lowest BCUT2D eigenvalue weighted by Crippen LogP contribution is -2.37. The highest BCUT2D eigenvalue weighted by atomic mass is 16.3. The highest BCUT2D eigenvalue weighted by Crippen LogP contribution is 2.27. The van der Waals surface area contributed by atoms with Gasteiger partial charge in [0.1, 0.15) is 5.75 Å². The van der Waals surface area contributed by atoms with E-state index in [1.54, 1.807) is 12.1 Å². The van der Waals surface area contributed by atoms with E-state index in [1.807, 2.05) is 13.0 Å². The summed E-state index contributed by atoms with van der Waals surface area (Å²) in [5.74, 6) is 0.734.